The van der Waals surface area contributed by atoms with Crippen LogP contribution in [0.3, 0.4) is 0 Å². The standard InChI is InChI=1S/C13H12ClN3O4/c14-12-10(5-6-20-12)13(18)16-8-1-3-9(4-2-8)21-7-11(15)17-19/h1-6,19H,7H2,(H2,15,17)(H,16,18). The van der Waals surface area contributed by atoms with Gasteiger partial charge in [0.2, 0.25) is 5.22 Å². The quantitative estimate of drug-likeness (QED) is 0.340. The van der Waals surface area contributed by atoms with E-state index < -0.39 is 0 Å². The number of amidine groups is 1. The van der Waals surface area contributed by atoms with Crippen LogP contribution in [0.1, 0.15) is 10.4 Å². The summed E-state index contributed by atoms with van der Waals surface area (Å²) in [6.07, 6.45) is 1.33. The number of hydrogen-bond acceptors (Lipinski definition) is 5. The molecular weight excluding hydrogens is 298 g/mol. The van der Waals surface area contributed by atoms with Crippen LogP contribution in [0.15, 0.2) is 46.2 Å². The highest BCUT2D eigenvalue weighted by atomic mass is 35.5. The molecule has 4 N–H and O–H groups in total. The molecule has 0 atom stereocenters. The van der Waals surface area contributed by atoms with Crippen molar-refractivity contribution in [2.24, 2.45) is 10.9 Å². The molecule has 0 aliphatic heterocycles. The molecule has 0 bridgehead atoms. The number of nitrogens with zero attached hydrogens (tertiary/aromatic N) is 1. The third-order valence-corrected chi connectivity index (χ3v) is 2.78. The molecule has 0 spiro atoms. The molecule has 0 unspecified atom stereocenters. The van der Waals surface area contributed by atoms with E-state index in [2.05, 4.69) is 10.5 Å². The molecule has 2 aromatic rings. The van der Waals surface area contributed by atoms with Gasteiger partial charge in [0.1, 0.15) is 12.4 Å². The summed E-state index contributed by atoms with van der Waals surface area (Å²) in [7, 11) is 0. The fraction of sp³-hybridized carbons (Fsp3) is 0.0769. The van der Waals surface area contributed by atoms with Crippen molar-refractivity contribution in [2.45, 2.75) is 0 Å². The van der Waals surface area contributed by atoms with Gasteiger partial charge >= 0.3 is 0 Å². The monoisotopic (exact) mass is 309 g/mol. The van der Waals surface area contributed by atoms with Crippen molar-refractivity contribution in [3.05, 3.63) is 47.4 Å². The molecular formula is C13H12ClN3O4. The van der Waals surface area contributed by atoms with E-state index in [1.165, 1.54) is 12.3 Å². The SMILES string of the molecule is N/C(COc1ccc(NC(=O)c2ccoc2Cl)cc1)=N/O. The lowest BCUT2D eigenvalue weighted by Gasteiger charge is -2.07. The van der Waals surface area contributed by atoms with Gasteiger partial charge in [-0.05, 0) is 41.9 Å². The molecule has 1 aromatic carbocycles. The molecule has 1 amide bonds. The average Bonchev–Trinajstić information content (AvgIpc) is 2.92. The van der Waals surface area contributed by atoms with Crippen molar-refractivity contribution in [3.63, 3.8) is 0 Å². The fourth-order valence-corrected chi connectivity index (χ4v) is 1.68. The number of oxime groups is 1. The third kappa shape index (κ3) is 3.90. The number of hydrogen-bond donors (Lipinski definition) is 3. The van der Waals surface area contributed by atoms with Crippen molar-refractivity contribution < 1.29 is 19.2 Å². The van der Waals surface area contributed by atoms with Crippen molar-refractivity contribution in [1.29, 1.82) is 0 Å². The normalized spacial score (nSPS) is 11.2. The topological polar surface area (TPSA) is 110 Å². The zero-order chi connectivity index (χ0) is 15.2. The lowest BCUT2D eigenvalue weighted by atomic mass is 10.2. The van der Waals surface area contributed by atoms with Gasteiger partial charge < -0.3 is 25.4 Å². The molecule has 21 heavy (non-hydrogen) atoms. The van der Waals surface area contributed by atoms with Crippen LogP contribution in [-0.2, 0) is 0 Å². The Balaban J connectivity index is 1.96. The minimum atomic E-state index is -0.376. The summed E-state index contributed by atoms with van der Waals surface area (Å²) in [6.45, 7) is -0.0349. The van der Waals surface area contributed by atoms with Gasteiger partial charge in [-0.25, -0.2) is 0 Å². The predicted molar refractivity (Wildman–Crippen MR) is 77.0 cm³/mol. The summed E-state index contributed by atoms with van der Waals surface area (Å²) in [4.78, 5) is 11.9. The second-order valence-electron chi connectivity index (χ2n) is 3.97. The van der Waals surface area contributed by atoms with Gasteiger partial charge in [0.05, 0.1) is 11.8 Å². The first kappa shape index (κ1) is 14.7. The molecule has 0 saturated carbocycles. The highest BCUT2D eigenvalue weighted by Crippen LogP contribution is 2.20. The molecule has 0 radical (unpaired) electrons. The predicted octanol–water partition coefficient (Wildman–Crippen LogP) is 2.31. The highest BCUT2D eigenvalue weighted by molar-refractivity contribution is 6.32. The Kier molecular flexibility index (Phi) is 4.68. The van der Waals surface area contributed by atoms with Crippen molar-refractivity contribution in [1.82, 2.24) is 0 Å². The average molecular weight is 310 g/mol. The Morgan fingerprint density at radius 3 is 2.67 bits per heavy atom. The van der Waals surface area contributed by atoms with Crippen LogP contribution in [0.2, 0.25) is 5.22 Å². The van der Waals surface area contributed by atoms with Crippen LogP contribution < -0.4 is 15.8 Å². The molecule has 7 nitrogen and oxygen atoms in total. The van der Waals surface area contributed by atoms with Crippen molar-refractivity contribution >= 4 is 29.0 Å². The third-order valence-electron chi connectivity index (χ3n) is 2.49. The maximum absolute atomic E-state index is 11.9. The minimum Gasteiger partial charge on any atom is -0.486 e. The summed E-state index contributed by atoms with van der Waals surface area (Å²) in [6, 6.07) is 8.04. The molecule has 110 valence electrons. The highest BCUT2D eigenvalue weighted by Gasteiger charge is 2.12. The van der Waals surface area contributed by atoms with Gasteiger partial charge in [-0.1, -0.05) is 5.16 Å². The maximum atomic E-state index is 11.9. The van der Waals surface area contributed by atoms with Crippen LogP contribution in [0.5, 0.6) is 5.75 Å². The minimum absolute atomic E-state index is 0.0335. The second-order valence-corrected chi connectivity index (χ2v) is 4.31. The molecule has 0 fully saturated rings. The number of halogens is 1. The van der Waals surface area contributed by atoms with E-state index in [-0.39, 0.29) is 29.1 Å². The largest absolute Gasteiger partial charge is 0.486 e. The van der Waals surface area contributed by atoms with Crippen LogP contribution in [0, 0.1) is 0 Å². The Morgan fingerprint density at radius 1 is 1.38 bits per heavy atom. The number of carbonyl (C=O) groups is 1. The molecule has 1 aromatic heterocycles. The zero-order valence-corrected chi connectivity index (χ0v) is 11.5. The number of amides is 1. The Hall–Kier alpha value is -2.67. The molecule has 8 heteroatoms. The molecule has 2 rings (SSSR count). The zero-order valence-electron chi connectivity index (χ0n) is 10.7. The maximum Gasteiger partial charge on any atom is 0.260 e. The first-order valence-electron chi connectivity index (χ1n) is 5.83. The second kappa shape index (κ2) is 6.67. The number of furan rings is 1. The van der Waals surface area contributed by atoms with Gasteiger partial charge in [0, 0.05) is 5.69 Å². The Labute approximate surface area is 124 Å². The van der Waals surface area contributed by atoms with Crippen LogP contribution >= 0.6 is 11.6 Å². The number of nitrogens with one attached hydrogen (secondary N) is 1. The van der Waals surface area contributed by atoms with E-state index in [1.54, 1.807) is 24.3 Å². The van der Waals surface area contributed by atoms with E-state index in [4.69, 9.17) is 31.7 Å². The molecule has 0 aliphatic rings. The number of anilines is 1. The van der Waals surface area contributed by atoms with Crippen LogP contribution in [0.25, 0.3) is 0 Å². The van der Waals surface area contributed by atoms with Crippen LogP contribution in [-0.4, -0.2) is 23.6 Å². The number of carbonyl (C=O) groups excluding carboxylic acids is 1. The lowest BCUT2D eigenvalue weighted by molar-refractivity contribution is 0.102. The van der Waals surface area contributed by atoms with Gasteiger partial charge in [-0.3, -0.25) is 4.79 Å². The molecule has 0 saturated heterocycles. The van der Waals surface area contributed by atoms with E-state index in [0.29, 0.717) is 11.4 Å². The summed E-state index contributed by atoms with van der Waals surface area (Å²) in [5.74, 6) is 0.0991. The first-order chi connectivity index (χ1) is 10.1. The molecule has 0 aliphatic carbocycles. The van der Waals surface area contributed by atoms with Gasteiger partial charge in [0.15, 0.2) is 5.84 Å². The number of benzene rings is 1. The smallest absolute Gasteiger partial charge is 0.260 e. The summed E-state index contributed by atoms with van der Waals surface area (Å²) >= 11 is 5.72. The summed E-state index contributed by atoms with van der Waals surface area (Å²) in [5, 5.41) is 13.9. The number of nitrogens with two attached hydrogens (primary N) is 1. The summed E-state index contributed by atoms with van der Waals surface area (Å²) in [5.41, 5.74) is 6.10. The van der Waals surface area contributed by atoms with Crippen molar-refractivity contribution in [2.75, 3.05) is 11.9 Å². The van der Waals surface area contributed by atoms with E-state index in [9.17, 15) is 4.79 Å². The van der Waals surface area contributed by atoms with E-state index >= 15 is 0 Å². The lowest BCUT2D eigenvalue weighted by Crippen LogP contribution is -2.20. The van der Waals surface area contributed by atoms with Gasteiger partial charge in [-0.2, -0.15) is 0 Å². The van der Waals surface area contributed by atoms with E-state index in [0.717, 1.165) is 0 Å². The Morgan fingerprint density at radius 2 is 2.10 bits per heavy atom. The molecule has 1 heterocycles. The first-order valence-corrected chi connectivity index (χ1v) is 6.21. The van der Waals surface area contributed by atoms with Crippen molar-refractivity contribution in [3.8, 4) is 5.75 Å². The van der Waals surface area contributed by atoms with Gasteiger partial charge in [-0.15, -0.1) is 0 Å². The summed E-state index contributed by atoms with van der Waals surface area (Å²) < 4.78 is 10.1. The fourth-order valence-electron chi connectivity index (χ4n) is 1.47. The number of rotatable bonds is 5. The Bertz CT molecular complexity index is 652. The van der Waals surface area contributed by atoms with Crippen LogP contribution in [0.4, 0.5) is 5.69 Å². The van der Waals surface area contributed by atoms with E-state index in [1.807, 2.05) is 0 Å². The number of ether oxygens (including phenoxy) is 1. The van der Waals surface area contributed by atoms with Gasteiger partial charge in [0.25, 0.3) is 5.91 Å².